The summed E-state index contributed by atoms with van der Waals surface area (Å²) in [4.78, 5) is 23.7. The highest BCUT2D eigenvalue weighted by Gasteiger charge is 2.19. The summed E-state index contributed by atoms with van der Waals surface area (Å²) < 4.78 is 1.85. The van der Waals surface area contributed by atoms with Gasteiger partial charge in [0, 0.05) is 17.4 Å². The van der Waals surface area contributed by atoms with E-state index in [-0.39, 0.29) is 17.4 Å². The smallest absolute Gasteiger partial charge is 0.228 e. The van der Waals surface area contributed by atoms with Crippen LogP contribution in [0, 0.1) is 0 Å². The maximum Gasteiger partial charge on any atom is 0.228 e. The first-order valence-corrected chi connectivity index (χ1v) is 8.08. The standard InChI is InChI=1S/C16H12N4O2S/c21-13(10-4-5-12-11(7-10)8-15(22)17-12)9-23-16-19-18-14-3-1-2-6-20(14)16/h1-7H,8-9H2,(H,17,22). The third kappa shape index (κ3) is 2.59. The Morgan fingerprint density at radius 3 is 3.09 bits per heavy atom. The number of carbonyl (C=O) groups excluding carboxylic acids is 2. The highest BCUT2D eigenvalue weighted by Crippen LogP contribution is 2.25. The van der Waals surface area contributed by atoms with E-state index in [1.54, 1.807) is 18.2 Å². The number of aromatic nitrogens is 3. The van der Waals surface area contributed by atoms with Gasteiger partial charge in [0.25, 0.3) is 0 Å². The van der Waals surface area contributed by atoms with Crippen molar-refractivity contribution in [2.45, 2.75) is 11.6 Å². The zero-order chi connectivity index (χ0) is 15.8. The molecular weight excluding hydrogens is 312 g/mol. The Bertz CT molecular complexity index is 935. The summed E-state index contributed by atoms with van der Waals surface area (Å²) >= 11 is 1.35. The third-order valence-electron chi connectivity index (χ3n) is 3.67. The van der Waals surface area contributed by atoms with E-state index in [9.17, 15) is 9.59 Å². The van der Waals surface area contributed by atoms with Crippen LogP contribution in [-0.2, 0) is 11.2 Å². The van der Waals surface area contributed by atoms with Crippen molar-refractivity contribution in [1.82, 2.24) is 14.6 Å². The van der Waals surface area contributed by atoms with Crippen molar-refractivity contribution in [2.24, 2.45) is 0 Å². The van der Waals surface area contributed by atoms with Gasteiger partial charge in [-0.15, -0.1) is 10.2 Å². The number of hydrogen-bond acceptors (Lipinski definition) is 5. The summed E-state index contributed by atoms with van der Waals surface area (Å²) in [7, 11) is 0. The van der Waals surface area contributed by atoms with Gasteiger partial charge in [0.2, 0.25) is 5.91 Å². The minimum Gasteiger partial charge on any atom is -0.326 e. The maximum atomic E-state index is 12.4. The number of amides is 1. The third-order valence-corrected chi connectivity index (χ3v) is 4.61. The van der Waals surface area contributed by atoms with Crippen LogP contribution < -0.4 is 5.32 Å². The molecule has 1 amide bonds. The van der Waals surface area contributed by atoms with Crippen molar-refractivity contribution in [3.63, 3.8) is 0 Å². The van der Waals surface area contributed by atoms with E-state index in [1.165, 1.54) is 11.8 Å². The van der Waals surface area contributed by atoms with Gasteiger partial charge in [-0.2, -0.15) is 0 Å². The number of Topliss-reactive ketones (excluding diaryl/α,β-unsaturated/α-hetero) is 1. The minimum absolute atomic E-state index is 0.00447. The highest BCUT2D eigenvalue weighted by molar-refractivity contribution is 7.99. The van der Waals surface area contributed by atoms with Gasteiger partial charge in [0.1, 0.15) is 0 Å². The van der Waals surface area contributed by atoms with Crippen LogP contribution in [0.15, 0.2) is 47.8 Å². The molecule has 114 valence electrons. The second kappa shape index (κ2) is 5.51. The van der Waals surface area contributed by atoms with Crippen LogP contribution in [0.2, 0.25) is 0 Å². The average molecular weight is 324 g/mol. The molecule has 23 heavy (non-hydrogen) atoms. The van der Waals surface area contributed by atoms with Gasteiger partial charge in [0.05, 0.1) is 12.2 Å². The summed E-state index contributed by atoms with van der Waals surface area (Å²) in [6, 6.07) is 11.0. The molecule has 0 saturated carbocycles. The van der Waals surface area contributed by atoms with Crippen molar-refractivity contribution in [3.05, 3.63) is 53.7 Å². The highest BCUT2D eigenvalue weighted by atomic mass is 32.2. The van der Waals surface area contributed by atoms with Gasteiger partial charge in [-0.05, 0) is 35.9 Å². The van der Waals surface area contributed by atoms with E-state index in [0.29, 0.717) is 17.1 Å². The quantitative estimate of drug-likeness (QED) is 0.588. The molecule has 0 saturated heterocycles. The number of benzene rings is 1. The predicted molar refractivity (Wildman–Crippen MR) is 86.8 cm³/mol. The lowest BCUT2D eigenvalue weighted by Crippen LogP contribution is -2.03. The molecule has 0 spiro atoms. The second-order valence-electron chi connectivity index (χ2n) is 5.22. The summed E-state index contributed by atoms with van der Waals surface area (Å²) in [6.45, 7) is 0. The fourth-order valence-corrected chi connectivity index (χ4v) is 3.35. The van der Waals surface area contributed by atoms with Gasteiger partial charge in [-0.1, -0.05) is 17.8 Å². The summed E-state index contributed by atoms with van der Waals surface area (Å²) in [5.41, 5.74) is 3.03. The first-order chi connectivity index (χ1) is 11.2. The number of ketones is 1. The summed E-state index contributed by atoms with van der Waals surface area (Å²) in [5, 5.41) is 11.6. The first-order valence-electron chi connectivity index (χ1n) is 7.09. The zero-order valence-electron chi connectivity index (χ0n) is 12.0. The van der Waals surface area contributed by atoms with Crippen molar-refractivity contribution in [2.75, 3.05) is 11.1 Å². The Balaban J connectivity index is 1.50. The number of fused-ring (bicyclic) bond motifs is 2. The lowest BCUT2D eigenvalue weighted by Gasteiger charge is -2.03. The molecule has 2 aromatic heterocycles. The molecule has 0 unspecified atom stereocenters. The van der Waals surface area contributed by atoms with Gasteiger partial charge < -0.3 is 5.32 Å². The Labute approximate surface area is 135 Å². The monoisotopic (exact) mass is 324 g/mol. The number of rotatable bonds is 4. The topological polar surface area (TPSA) is 76.4 Å². The molecule has 1 aliphatic rings. The first kappa shape index (κ1) is 14.0. The lowest BCUT2D eigenvalue weighted by atomic mass is 10.1. The van der Waals surface area contributed by atoms with Crippen molar-refractivity contribution >= 4 is 34.8 Å². The van der Waals surface area contributed by atoms with E-state index >= 15 is 0 Å². The van der Waals surface area contributed by atoms with Gasteiger partial charge in [-0.3, -0.25) is 14.0 Å². The molecule has 4 rings (SSSR count). The molecule has 0 bridgehead atoms. The predicted octanol–water partition coefficient (Wildman–Crippen LogP) is 2.20. The average Bonchev–Trinajstić information content (AvgIpc) is 3.14. The summed E-state index contributed by atoms with van der Waals surface area (Å²) in [6.07, 6.45) is 2.20. The fraction of sp³-hybridized carbons (Fsp3) is 0.125. The lowest BCUT2D eigenvalue weighted by molar-refractivity contribution is -0.115. The SMILES string of the molecule is O=C1Cc2cc(C(=O)CSc3nnc4ccccn34)ccc2N1. The van der Waals surface area contributed by atoms with Crippen LogP contribution in [0.25, 0.3) is 5.65 Å². The maximum absolute atomic E-state index is 12.4. The molecule has 1 aromatic carbocycles. The van der Waals surface area contributed by atoms with Gasteiger partial charge in [0.15, 0.2) is 16.6 Å². The van der Waals surface area contributed by atoms with E-state index in [2.05, 4.69) is 15.5 Å². The Kier molecular flexibility index (Phi) is 3.34. The molecule has 1 N–H and O–H groups in total. The second-order valence-corrected chi connectivity index (χ2v) is 6.16. The van der Waals surface area contributed by atoms with Crippen LogP contribution in [-0.4, -0.2) is 32.0 Å². The van der Waals surface area contributed by atoms with Crippen molar-refractivity contribution in [3.8, 4) is 0 Å². The number of thioether (sulfide) groups is 1. The molecule has 1 aliphatic heterocycles. The molecule has 0 aliphatic carbocycles. The Morgan fingerprint density at radius 1 is 1.26 bits per heavy atom. The molecule has 0 atom stereocenters. The molecule has 7 heteroatoms. The van der Waals surface area contributed by atoms with Crippen LogP contribution >= 0.6 is 11.8 Å². The van der Waals surface area contributed by atoms with Crippen LogP contribution in [0.1, 0.15) is 15.9 Å². The van der Waals surface area contributed by atoms with E-state index in [1.807, 2.05) is 28.8 Å². The number of nitrogens with one attached hydrogen (secondary N) is 1. The van der Waals surface area contributed by atoms with Crippen molar-refractivity contribution in [1.29, 1.82) is 0 Å². The van der Waals surface area contributed by atoms with Crippen molar-refractivity contribution < 1.29 is 9.59 Å². The van der Waals surface area contributed by atoms with Crippen LogP contribution in [0.4, 0.5) is 5.69 Å². The van der Waals surface area contributed by atoms with Gasteiger partial charge in [-0.25, -0.2) is 0 Å². The number of pyridine rings is 1. The number of carbonyl (C=O) groups is 2. The van der Waals surface area contributed by atoms with Crippen LogP contribution in [0.5, 0.6) is 0 Å². The molecule has 3 heterocycles. The van der Waals surface area contributed by atoms with E-state index in [0.717, 1.165) is 16.9 Å². The van der Waals surface area contributed by atoms with Crippen LogP contribution in [0.3, 0.4) is 0 Å². The zero-order valence-corrected chi connectivity index (χ0v) is 12.8. The Hall–Kier alpha value is -2.67. The fourth-order valence-electron chi connectivity index (χ4n) is 2.53. The molecule has 0 fully saturated rings. The minimum atomic E-state index is -0.0334. The van der Waals surface area contributed by atoms with E-state index < -0.39 is 0 Å². The number of hydrogen-bond donors (Lipinski definition) is 1. The molecular formula is C16H12N4O2S. The normalized spacial score (nSPS) is 13.1. The Morgan fingerprint density at radius 2 is 2.17 bits per heavy atom. The molecule has 3 aromatic rings. The largest absolute Gasteiger partial charge is 0.326 e. The van der Waals surface area contributed by atoms with E-state index in [4.69, 9.17) is 0 Å². The molecule has 0 radical (unpaired) electrons. The van der Waals surface area contributed by atoms with Gasteiger partial charge >= 0.3 is 0 Å². The molecule has 6 nitrogen and oxygen atoms in total. The summed E-state index contributed by atoms with van der Waals surface area (Å²) in [5.74, 6) is 0.245. The number of nitrogens with zero attached hydrogens (tertiary/aromatic N) is 3. The number of anilines is 1.